The molecular weight excluding hydrogens is 260 g/mol. The second kappa shape index (κ2) is 13.8. The van der Waals surface area contributed by atoms with E-state index >= 15 is 0 Å². The van der Waals surface area contributed by atoms with Gasteiger partial charge in [0.2, 0.25) is 0 Å². The number of allylic oxidation sites excluding steroid dienone is 5. The van der Waals surface area contributed by atoms with Gasteiger partial charge in [-0.05, 0) is 30.8 Å². The van der Waals surface area contributed by atoms with E-state index in [0.717, 1.165) is 11.1 Å². The van der Waals surface area contributed by atoms with Crippen molar-refractivity contribution in [1.82, 2.24) is 0 Å². The zero-order chi connectivity index (χ0) is 17.6. The standard InChI is InChI=1S/C13H20O.C4H10O.C2H6/c1-7-12(11(3)14)9-8-10(2)13(4,5)6;1-4(2)3-5;1-2/h7-9H,2H2,1,3-6H3;4-5H,3H2,1-2H3;1-2H3/b9-8-,12-7+;;. The predicted molar refractivity (Wildman–Crippen MR) is 95.4 cm³/mol. The summed E-state index contributed by atoms with van der Waals surface area (Å²) < 4.78 is 0. The first-order chi connectivity index (χ1) is 9.56. The lowest BCUT2D eigenvalue weighted by Crippen LogP contribution is -2.06. The highest BCUT2D eigenvalue weighted by molar-refractivity contribution is 5.95. The minimum atomic E-state index is 0.0616. The Bertz CT molecular complexity index is 339. The number of aliphatic hydroxyl groups excluding tert-OH is 1. The van der Waals surface area contributed by atoms with E-state index in [9.17, 15) is 4.79 Å². The molecule has 0 saturated heterocycles. The smallest absolute Gasteiger partial charge is 0.159 e. The molecule has 0 fully saturated rings. The predicted octanol–water partition coefficient (Wildman–Crippen LogP) is 5.34. The van der Waals surface area contributed by atoms with Crippen LogP contribution < -0.4 is 0 Å². The summed E-state index contributed by atoms with van der Waals surface area (Å²) >= 11 is 0. The Kier molecular flexibility index (Phi) is 16.3. The number of hydrogen-bond donors (Lipinski definition) is 1. The number of carbonyl (C=O) groups is 1. The molecule has 0 bridgehead atoms. The molecule has 0 aliphatic rings. The Hall–Kier alpha value is -1.15. The highest BCUT2D eigenvalue weighted by Crippen LogP contribution is 2.24. The summed E-state index contributed by atoms with van der Waals surface area (Å²) in [6.07, 6.45) is 5.56. The molecule has 0 radical (unpaired) electrons. The van der Waals surface area contributed by atoms with Gasteiger partial charge in [0.15, 0.2) is 5.78 Å². The third-order valence-corrected chi connectivity index (χ3v) is 2.51. The fourth-order valence-corrected chi connectivity index (χ4v) is 0.857. The van der Waals surface area contributed by atoms with Crippen LogP contribution in [0.25, 0.3) is 0 Å². The average molecular weight is 296 g/mol. The average Bonchev–Trinajstić information content (AvgIpc) is 2.40. The Morgan fingerprint density at radius 2 is 1.57 bits per heavy atom. The Balaban J connectivity index is -0.000000389. The van der Waals surface area contributed by atoms with Crippen molar-refractivity contribution in [2.45, 2.75) is 62.3 Å². The van der Waals surface area contributed by atoms with Gasteiger partial charge in [0.05, 0.1) is 0 Å². The van der Waals surface area contributed by atoms with Crippen LogP contribution in [-0.2, 0) is 4.79 Å². The summed E-state index contributed by atoms with van der Waals surface area (Å²) in [5.74, 6) is 0.528. The first-order valence-electron chi connectivity index (χ1n) is 7.71. The Labute approximate surface area is 132 Å². The van der Waals surface area contributed by atoms with E-state index in [1.165, 1.54) is 0 Å². The Morgan fingerprint density at radius 3 is 1.76 bits per heavy atom. The van der Waals surface area contributed by atoms with E-state index in [2.05, 4.69) is 27.4 Å². The normalized spacial score (nSPS) is 11.5. The van der Waals surface area contributed by atoms with Crippen molar-refractivity contribution in [2.24, 2.45) is 11.3 Å². The highest BCUT2D eigenvalue weighted by Gasteiger charge is 2.11. The maximum absolute atomic E-state index is 11.1. The van der Waals surface area contributed by atoms with Crippen molar-refractivity contribution >= 4 is 5.78 Å². The van der Waals surface area contributed by atoms with Gasteiger partial charge in [-0.25, -0.2) is 0 Å². The molecule has 1 N–H and O–H groups in total. The Morgan fingerprint density at radius 1 is 1.19 bits per heavy atom. The highest BCUT2D eigenvalue weighted by atomic mass is 16.3. The summed E-state index contributed by atoms with van der Waals surface area (Å²) in [6.45, 7) is 21.9. The molecule has 0 aromatic rings. The fraction of sp³-hybridized carbons (Fsp3) is 0.632. The largest absolute Gasteiger partial charge is 0.396 e. The van der Waals surface area contributed by atoms with Crippen molar-refractivity contribution < 1.29 is 9.90 Å². The molecule has 0 atom stereocenters. The van der Waals surface area contributed by atoms with E-state index in [4.69, 9.17) is 5.11 Å². The van der Waals surface area contributed by atoms with Crippen molar-refractivity contribution in [3.05, 3.63) is 36.0 Å². The molecule has 2 nitrogen and oxygen atoms in total. The molecule has 0 aliphatic carbocycles. The minimum absolute atomic E-state index is 0.0616. The number of aliphatic hydroxyl groups is 1. The van der Waals surface area contributed by atoms with Gasteiger partial charge >= 0.3 is 0 Å². The molecule has 0 spiro atoms. The second-order valence-corrected chi connectivity index (χ2v) is 5.99. The third kappa shape index (κ3) is 16.8. The van der Waals surface area contributed by atoms with Gasteiger partial charge in [-0.2, -0.15) is 0 Å². The molecule has 124 valence electrons. The van der Waals surface area contributed by atoms with Crippen LogP contribution in [0.1, 0.15) is 62.3 Å². The van der Waals surface area contributed by atoms with Crippen LogP contribution in [0.4, 0.5) is 0 Å². The monoisotopic (exact) mass is 296 g/mol. The summed E-state index contributed by atoms with van der Waals surface area (Å²) in [5, 5.41) is 8.14. The fourth-order valence-electron chi connectivity index (χ4n) is 0.857. The first kappa shape index (κ1) is 24.8. The molecule has 0 rings (SSSR count). The molecular formula is C19H36O2. The van der Waals surface area contributed by atoms with Gasteiger partial charge in [-0.1, -0.05) is 73.3 Å². The maximum Gasteiger partial charge on any atom is 0.159 e. The molecule has 2 heteroatoms. The minimum Gasteiger partial charge on any atom is -0.396 e. The quantitative estimate of drug-likeness (QED) is 0.561. The number of carbonyl (C=O) groups excluding carboxylic acids is 1. The number of hydrogen-bond acceptors (Lipinski definition) is 2. The first-order valence-corrected chi connectivity index (χ1v) is 7.71. The molecule has 21 heavy (non-hydrogen) atoms. The van der Waals surface area contributed by atoms with E-state index in [1.54, 1.807) is 6.92 Å². The summed E-state index contributed by atoms with van der Waals surface area (Å²) in [5.41, 5.74) is 1.82. The molecule has 0 aromatic carbocycles. The van der Waals surface area contributed by atoms with E-state index < -0.39 is 0 Å². The van der Waals surface area contributed by atoms with Crippen molar-refractivity contribution in [3.8, 4) is 0 Å². The van der Waals surface area contributed by atoms with E-state index in [-0.39, 0.29) is 11.2 Å². The van der Waals surface area contributed by atoms with Crippen LogP contribution in [0, 0.1) is 11.3 Å². The third-order valence-electron chi connectivity index (χ3n) is 2.51. The van der Waals surface area contributed by atoms with Crippen LogP contribution in [-0.4, -0.2) is 17.5 Å². The molecule has 0 amide bonds. The zero-order valence-corrected chi connectivity index (χ0v) is 15.6. The summed E-state index contributed by atoms with van der Waals surface area (Å²) in [7, 11) is 0. The lowest BCUT2D eigenvalue weighted by molar-refractivity contribution is -0.113. The van der Waals surface area contributed by atoms with Gasteiger partial charge < -0.3 is 5.11 Å². The van der Waals surface area contributed by atoms with Gasteiger partial charge in [0.25, 0.3) is 0 Å². The number of ketones is 1. The van der Waals surface area contributed by atoms with E-state index in [1.807, 2.05) is 52.8 Å². The van der Waals surface area contributed by atoms with Crippen LogP contribution in [0.3, 0.4) is 0 Å². The molecule has 0 saturated carbocycles. The number of Topliss-reactive ketones (excluding diaryl/α,β-unsaturated/α-hetero) is 1. The van der Waals surface area contributed by atoms with Crippen molar-refractivity contribution in [3.63, 3.8) is 0 Å². The van der Waals surface area contributed by atoms with Crippen LogP contribution >= 0.6 is 0 Å². The van der Waals surface area contributed by atoms with Gasteiger partial charge in [0.1, 0.15) is 0 Å². The van der Waals surface area contributed by atoms with Crippen molar-refractivity contribution in [2.75, 3.05) is 6.61 Å². The molecule has 0 aliphatic heterocycles. The van der Waals surface area contributed by atoms with Gasteiger partial charge in [-0.15, -0.1) is 0 Å². The van der Waals surface area contributed by atoms with E-state index in [0.29, 0.717) is 12.5 Å². The van der Waals surface area contributed by atoms with Gasteiger partial charge in [-0.3, -0.25) is 4.79 Å². The molecule has 0 heterocycles. The summed E-state index contributed by atoms with van der Waals surface area (Å²) in [4.78, 5) is 11.1. The zero-order valence-electron chi connectivity index (χ0n) is 15.6. The lowest BCUT2D eigenvalue weighted by Gasteiger charge is -2.18. The lowest BCUT2D eigenvalue weighted by atomic mass is 9.87. The van der Waals surface area contributed by atoms with Gasteiger partial charge in [0, 0.05) is 12.2 Å². The molecule has 0 aromatic heterocycles. The maximum atomic E-state index is 11.1. The van der Waals surface area contributed by atoms with Crippen molar-refractivity contribution in [1.29, 1.82) is 0 Å². The SMILES string of the molecule is C=C(/C=C\C(=C/C)C(C)=O)C(C)(C)C.CC.CC(C)CO. The second-order valence-electron chi connectivity index (χ2n) is 5.99. The number of rotatable bonds is 4. The summed E-state index contributed by atoms with van der Waals surface area (Å²) in [6, 6.07) is 0. The molecule has 0 unspecified atom stereocenters. The van der Waals surface area contributed by atoms with Crippen LogP contribution in [0.2, 0.25) is 0 Å². The van der Waals surface area contributed by atoms with Crippen LogP contribution in [0.5, 0.6) is 0 Å². The van der Waals surface area contributed by atoms with Crippen LogP contribution in [0.15, 0.2) is 36.0 Å². The topological polar surface area (TPSA) is 37.3 Å².